The maximum atomic E-state index is 13.2. The van der Waals surface area contributed by atoms with Crippen molar-refractivity contribution in [1.29, 1.82) is 0 Å². The van der Waals surface area contributed by atoms with Gasteiger partial charge in [0.15, 0.2) is 11.6 Å². The number of carbonyl (C=O) groups is 2. The van der Waals surface area contributed by atoms with Crippen molar-refractivity contribution < 1.29 is 23.5 Å². The van der Waals surface area contributed by atoms with Crippen LogP contribution in [0.1, 0.15) is 26.7 Å². The number of para-hydroxylation sites is 1. The van der Waals surface area contributed by atoms with Gasteiger partial charge in [-0.2, -0.15) is 0 Å². The summed E-state index contributed by atoms with van der Waals surface area (Å²) in [5, 5.41) is 0. The molecule has 20 heavy (non-hydrogen) atoms. The fourth-order valence-electron chi connectivity index (χ4n) is 1.51. The number of rotatable bonds is 6. The zero-order valence-corrected chi connectivity index (χ0v) is 11.5. The van der Waals surface area contributed by atoms with Crippen LogP contribution in [0.2, 0.25) is 0 Å². The largest absolute Gasteiger partial charge is 0.460 e. The van der Waals surface area contributed by atoms with Gasteiger partial charge in [-0.3, -0.25) is 0 Å². The smallest absolute Gasteiger partial charge is 0.336 e. The zero-order valence-electron chi connectivity index (χ0n) is 11.5. The first-order valence-electron chi connectivity index (χ1n) is 6.38. The Labute approximate surface area is 117 Å². The lowest BCUT2D eigenvalue weighted by Crippen LogP contribution is -2.13. The lowest BCUT2D eigenvalue weighted by molar-refractivity contribution is -0.142. The van der Waals surface area contributed by atoms with Crippen LogP contribution in [0, 0.1) is 5.82 Å². The van der Waals surface area contributed by atoms with Crippen molar-refractivity contribution >= 4 is 11.9 Å². The molecule has 0 fully saturated rings. The van der Waals surface area contributed by atoms with Gasteiger partial charge in [-0.05, 0) is 25.5 Å². The molecule has 0 aliphatic heterocycles. The van der Waals surface area contributed by atoms with Gasteiger partial charge in [0, 0.05) is 12.2 Å². The summed E-state index contributed by atoms with van der Waals surface area (Å²) < 4.78 is 23.0. The molecular weight excluding hydrogens is 263 g/mol. The van der Waals surface area contributed by atoms with Crippen molar-refractivity contribution in [3.8, 4) is 5.75 Å². The third kappa shape index (κ3) is 5.65. The minimum atomic E-state index is -0.838. The third-order valence-electron chi connectivity index (χ3n) is 2.42. The molecule has 0 heterocycles. The predicted octanol–water partition coefficient (Wildman–Crippen LogP) is 3.02. The maximum Gasteiger partial charge on any atom is 0.336 e. The first-order chi connectivity index (χ1) is 9.52. The molecule has 4 nitrogen and oxygen atoms in total. The number of halogens is 1. The molecule has 1 atom stereocenters. The van der Waals surface area contributed by atoms with Gasteiger partial charge in [0.25, 0.3) is 0 Å². The van der Waals surface area contributed by atoms with E-state index in [2.05, 4.69) is 0 Å². The van der Waals surface area contributed by atoms with Crippen LogP contribution in [-0.2, 0) is 14.3 Å². The first-order valence-corrected chi connectivity index (χ1v) is 6.38. The number of hydrogen-bond donors (Lipinski definition) is 0. The molecule has 0 amide bonds. The highest BCUT2D eigenvalue weighted by Crippen LogP contribution is 2.15. The fraction of sp³-hybridized carbons (Fsp3) is 0.333. The van der Waals surface area contributed by atoms with Crippen molar-refractivity contribution in [1.82, 2.24) is 0 Å². The molecule has 1 unspecified atom stereocenters. The summed E-state index contributed by atoms with van der Waals surface area (Å²) in [4.78, 5) is 22.8. The SMILES string of the molecule is CCCC(C)OC(=O)/C=C/C(=O)Oc1ccccc1F. The van der Waals surface area contributed by atoms with Gasteiger partial charge in [0.2, 0.25) is 0 Å². The number of ether oxygens (including phenoxy) is 2. The average molecular weight is 280 g/mol. The molecule has 1 rings (SSSR count). The summed E-state index contributed by atoms with van der Waals surface area (Å²) in [6, 6.07) is 5.51. The van der Waals surface area contributed by atoms with Crippen LogP contribution in [0.25, 0.3) is 0 Å². The lowest BCUT2D eigenvalue weighted by Gasteiger charge is -2.09. The van der Waals surface area contributed by atoms with Crippen molar-refractivity contribution in [3.63, 3.8) is 0 Å². The normalized spacial score (nSPS) is 12.2. The quantitative estimate of drug-likeness (QED) is 0.456. The molecule has 0 saturated heterocycles. The van der Waals surface area contributed by atoms with Crippen LogP contribution in [0.3, 0.4) is 0 Å². The molecular formula is C15H17FO4. The van der Waals surface area contributed by atoms with Gasteiger partial charge in [0.1, 0.15) is 0 Å². The van der Waals surface area contributed by atoms with E-state index in [4.69, 9.17) is 9.47 Å². The van der Waals surface area contributed by atoms with Gasteiger partial charge in [-0.1, -0.05) is 25.5 Å². The van der Waals surface area contributed by atoms with E-state index in [1.54, 1.807) is 6.92 Å². The van der Waals surface area contributed by atoms with Crippen LogP contribution in [0.15, 0.2) is 36.4 Å². The summed E-state index contributed by atoms with van der Waals surface area (Å²) in [5.74, 6) is -2.30. The lowest BCUT2D eigenvalue weighted by atomic mass is 10.2. The second-order valence-electron chi connectivity index (χ2n) is 4.22. The summed E-state index contributed by atoms with van der Waals surface area (Å²) in [6.07, 6.45) is 3.31. The van der Waals surface area contributed by atoms with Crippen molar-refractivity contribution in [3.05, 3.63) is 42.2 Å². The van der Waals surface area contributed by atoms with E-state index in [1.165, 1.54) is 24.3 Å². The summed E-state index contributed by atoms with van der Waals surface area (Å²) >= 11 is 0. The topological polar surface area (TPSA) is 52.6 Å². The molecule has 0 saturated carbocycles. The highest BCUT2D eigenvalue weighted by molar-refractivity contribution is 5.92. The van der Waals surface area contributed by atoms with E-state index in [9.17, 15) is 14.0 Å². The van der Waals surface area contributed by atoms with Gasteiger partial charge >= 0.3 is 11.9 Å². The van der Waals surface area contributed by atoms with E-state index in [1.807, 2.05) is 6.92 Å². The Morgan fingerprint density at radius 1 is 1.25 bits per heavy atom. The minimum Gasteiger partial charge on any atom is -0.460 e. The Balaban J connectivity index is 2.48. The van der Waals surface area contributed by atoms with Crippen LogP contribution < -0.4 is 4.74 Å². The Morgan fingerprint density at radius 2 is 1.90 bits per heavy atom. The third-order valence-corrected chi connectivity index (χ3v) is 2.42. The van der Waals surface area contributed by atoms with E-state index >= 15 is 0 Å². The molecule has 0 bridgehead atoms. The van der Waals surface area contributed by atoms with Crippen LogP contribution in [0.5, 0.6) is 5.75 Å². The van der Waals surface area contributed by atoms with Crippen LogP contribution >= 0.6 is 0 Å². The second-order valence-corrected chi connectivity index (χ2v) is 4.22. The molecule has 1 aromatic carbocycles. The Kier molecular flexibility index (Phi) is 6.43. The molecule has 0 aliphatic rings. The number of esters is 2. The van der Waals surface area contributed by atoms with Crippen molar-refractivity contribution in [2.75, 3.05) is 0 Å². The molecule has 0 aliphatic carbocycles. The van der Waals surface area contributed by atoms with Crippen molar-refractivity contribution in [2.45, 2.75) is 32.8 Å². The Morgan fingerprint density at radius 3 is 2.55 bits per heavy atom. The van der Waals surface area contributed by atoms with E-state index in [-0.39, 0.29) is 11.9 Å². The van der Waals surface area contributed by atoms with Gasteiger partial charge < -0.3 is 9.47 Å². The number of carbonyl (C=O) groups excluding carboxylic acids is 2. The molecule has 0 radical (unpaired) electrons. The fourth-order valence-corrected chi connectivity index (χ4v) is 1.51. The van der Waals surface area contributed by atoms with Gasteiger partial charge in [-0.25, -0.2) is 14.0 Å². The average Bonchev–Trinajstić information content (AvgIpc) is 2.39. The summed E-state index contributed by atoms with van der Waals surface area (Å²) in [6.45, 7) is 3.75. The number of benzene rings is 1. The zero-order chi connectivity index (χ0) is 15.0. The first kappa shape index (κ1) is 15.9. The molecule has 1 aromatic rings. The Bertz CT molecular complexity index is 496. The van der Waals surface area contributed by atoms with Gasteiger partial charge in [-0.15, -0.1) is 0 Å². The second kappa shape index (κ2) is 8.09. The minimum absolute atomic E-state index is 0.185. The molecule has 0 N–H and O–H groups in total. The highest BCUT2D eigenvalue weighted by Gasteiger charge is 2.08. The Hall–Kier alpha value is -2.17. The standard InChI is InChI=1S/C15H17FO4/c1-3-6-11(2)19-14(17)9-10-15(18)20-13-8-5-4-7-12(13)16/h4-5,7-11H,3,6H2,1-2H3/b10-9+. The van der Waals surface area contributed by atoms with E-state index < -0.39 is 17.8 Å². The van der Waals surface area contributed by atoms with E-state index in [0.717, 1.165) is 25.0 Å². The summed E-state index contributed by atoms with van der Waals surface area (Å²) in [5.41, 5.74) is 0. The molecule has 0 aromatic heterocycles. The molecule has 0 spiro atoms. The molecule has 108 valence electrons. The monoisotopic (exact) mass is 280 g/mol. The highest BCUT2D eigenvalue weighted by atomic mass is 19.1. The van der Waals surface area contributed by atoms with Crippen molar-refractivity contribution in [2.24, 2.45) is 0 Å². The van der Waals surface area contributed by atoms with Crippen LogP contribution in [-0.4, -0.2) is 18.0 Å². The van der Waals surface area contributed by atoms with Crippen LogP contribution in [0.4, 0.5) is 4.39 Å². The number of hydrogen-bond acceptors (Lipinski definition) is 4. The maximum absolute atomic E-state index is 13.2. The summed E-state index contributed by atoms with van der Waals surface area (Å²) in [7, 11) is 0. The predicted molar refractivity (Wildman–Crippen MR) is 71.6 cm³/mol. The van der Waals surface area contributed by atoms with Gasteiger partial charge in [0.05, 0.1) is 6.10 Å². The van der Waals surface area contributed by atoms with E-state index in [0.29, 0.717) is 0 Å². The molecule has 5 heteroatoms.